The summed E-state index contributed by atoms with van der Waals surface area (Å²) < 4.78 is 185. The summed E-state index contributed by atoms with van der Waals surface area (Å²) in [6.07, 6.45) is 1.01. The fourth-order valence-corrected chi connectivity index (χ4v) is 5.46. The summed E-state index contributed by atoms with van der Waals surface area (Å²) in [5.41, 5.74) is -6.85. The Kier molecular flexibility index (Phi) is 6.90. The van der Waals surface area contributed by atoms with Crippen LogP contribution in [-0.4, -0.2) is 56.3 Å². The molecule has 0 aliphatic rings. The van der Waals surface area contributed by atoms with Crippen LogP contribution in [0, 0.1) is 0 Å². The molecule has 0 atom stereocenters. The summed E-state index contributed by atoms with van der Waals surface area (Å²) in [5.74, 6) is -7.61. The normalized spacial score (nSPS) is 15.1. The molecule has 32 heavy (non-hydrogen) atoms. The molecule has 0 amide bonds. The van der Waals surface area contributed by atoms with E-state index in [0.717, 1.165) is 6.08 Å². The van der Waals surface area contributed by atoms with Crippen LogP contribution in [0.3, 0.4) is 0 Å². The first-order valence-corrected chi connectivity index (χ1v) is 11.5. The van der Waals surface area contributed by atoms with Gasteiger partial charge in [0.05, 0.1) is 4.90 Å². The Morgan fingerprint density at radius 1 is 0.750 bits per heavy atom. The van der Waals surface area contributed by atoms with E-state index in [9.17, 15) is 64.8 Å². The highest BCUT2D eigenvalue weighted by atomic mass is 32.3. The molecule has 0 spiro atoms. The predicted molar refractivity (Wildman–Crippen MR) is 86.1 cm³/mol. The first-order chi connectivity index (χ1) is 13.9. The van der Waals surface area contributed by atoms with Gasteiger partial charge < -0.3 is 0 Å². The minimum Gasteiger partial charge on any atom is -0.285 e. The summed E-state index contributed by atoms with van der Waals surface area (Å²) in [7, 11) is -22.9. The first-order valence-electron chi connectivity index (χ1n) is 7.10. The van der Waals surface area contributed by atoms with Crippen molar-refractivity contribution in [2.75, 3.05) is 0 Å². The number of hydrogen-bond acceptors (Lipinski definition) is 7. The standard InChI is InChI=1S/C12H8F9NO7S3/c1-2-7-3-5-8(6-4-7)30(24,25)10(15,16)9(13,14)11(17,18)31(26,27)22(23)32(28,29)12(19,20)21/h2-6,23H,1H2. The number of sulfonamides is 2. The third kappa shape index (κ3) is 3.86. The predicted octanol–water partition coefficient (Wildman–Crippen LogP) is 2.79. The van der Waals surface area contributed by atoms with Crippen molar-refractivity contribution < 1.29 is 70.0 Å². The van der Waals surface area contributed by atoms with Gasteiger partial charge in [-0.15, -0.1) is 0 Å². The van der Waals surface area contributed by atoms with Crippen LogP contribution in [0.4, 0.5) is 39.5 Å². The average Bonchev–Trinajstić information content (AvgIpc) is 2.65. The van der Waals surface area contributed by atoms with E-state index in [2.05, 4.69) is 6.58 Å². The second kappa shape index (κ2) is 7.85. The van der Waals surface area contributed by atoms with E-state index in [1.165, 1.54) is 0 Å². The molecule has 1 aromatic rings. The van der Waals surface area contributed by atoms with Crippen molar-refractivity contribution in [3.63, 3.8) is 0 Å². The maximum Gasteiger partial charge on any atom is 0.514 e. The van der Waals surface area contributed by atoms with Crippen molar-refractivity contribution in [2.45, 2.75) is 26.8 Å². The van der Waals surface area contributed by atoms with Crippen molar-refractivity contribution in [3.8, 4) is 0 Å². The Morgan fingerprint density at radius 2 is 1.16 bits per heavy atom. The molecule has 184 valence electrons. The molecule has 0 saturated heterocycles. The summed E-state index contributed by atoms with van der Waals surface area (Å²) in [4.78, 5) is -1.76. The molecule has 0 bridgehead atoms. The number of benzene rings is 1. The van der Waals surface area contributed by atoms with Crippen LogP contribution >= 0.6 is 0 Å². The number of hydrogen-bond donors (Lipinski definition) is 1. The van der Waals surface area contributed by atoms with Crippen molar-refractivity contribution >= 4 is 36.0 Å². The smallest absolute Gasteiger partial charge is 0.285 e. The van der Waals surface area contributed by atoms with Crippen molar-refractivity contribution in [1.29, 1.82) is 0 Å². The number of nitrogens with zero attached hydrogens (tertiary/aromatic N) is 1. The second-order valence-electron chi connectivity index (χ2n) is 5.52. The van der Waals surface area contributed by atoms with Gasteiger partial charge in [0.15, 0.2) is 0 Å². The molecule has 1 N–H and O–H groups in total. The number of rotatable bonds is 8. The Balaban J connectivity index is 3.71. The van der Waals surface area contributed by atoms with E-state index in [1.807, 2.05) is 0 Å². The number of halogens is 9. The van der Waals surface area contributed by atoms with Gasteiger partial charge in [-0.2, -0.15) is 47.9 Å². The largest absolute Gasteiger partial charge is 0.514 e. The minimum atomic E-state index is -8.23. The zero-order chi connectivity index (χ0) is 25.8. The summed E-state index contributed by atoms with van der Waals surface area (Å²) in [6.45, 7) is 3.18. The summed E-state index contributed by atoms with van der Waals surface area (Å²) >= 11 is 0. The van der Waals surface area contributed by atoms with Gasteiger partial charge in [-0.1, -0.05) is 24.8 Å². The van der Waals surface area contributed by atoms with E-state index < -0.39 is 60.6 Å². The Labute approximate surface area is 173 Å². The van der Waals surface area contributed by atoms with Crippen molar-refractivity contribution in [3.05, 3.63) is 36.4 Å². The van der Waals surface area contributed by atoms with Gasteiger partial charge in [-0.05, 0) is 17.7 Å². The molecule has 0 aromatic heterocycles. The van der Waals surface area contributed by atoms with Crippen molar-refractivity contribution in [1.82, 2.24) is 3.87 Å². The van der Waals surface area contributed by atoms with Crippen LogP contribution in [0.1, 0.15) is 5.56 Å². The van der Waals surface area contributed by atoms with E-state index in [0.29, 0.717) is 12.1 Å². The third-order valence-electron chi connectivity index (χ3n) is 3.52. The number of sulfone groups is 1. The lowest BCUT2D eigenvalue weighted by molar-refractivity contribution is -0.246. The SMILES string of the molecule is C=Cc1ccc(S(=O)(=O)C(F)(F)C(F)(F)C(F)(F)S(=O)(=O)N(O)S(=O)(=O)C(F)(F)F)cc1. The minimum absolute atomic E-state index is 0.0280. The maximum absolute atomic E-state index is 14.1. The molecule has 1 rings (SSSR count). The molecule has 20 heteroatoms. The Bertz CT molecular complexity index is 1210. The first kappa shape index (κ1) is 28.1. The highest BCUT2D eigenvalue weighted by molar-refractivity contribution is 8.04. The van der Waals surface area contributed by atoms with Crippen LogP contribution in [0.15, 0.2) is 35.7 Å². The molecule has 0 saturated carbocycles. The molecule has 1 aromatic carbocycles. The summed E-state index contributed by atoms with van der Waals surface area (Å²) in [5, 5.41) is -6.06. The lowest BCUT2D eigenvalue weighted by Gasteiger charge is -2.32. The van der Waals surface area contributed by atoms with E-state index in [4.69, 9.17) is 5.21 Å². The quantitative estimate of drug-likeness (QED) is 0.393. The molecule has 0 aliphatic heterocycles. The van der Waals surface area contributed by atoms with Crippen LogP contribution in [0.2, 0.25) is 0 Å². The average molecular weight is 545 g/mol. The zero-order valence-corrected chi connectivity index (χ0v) is 17.0. The van der Waals surface area contributed by atoms with E-state index >= 15 is 0 Å². The van der Waals surface area contributed by atoms with E-state index in [1.54, 1.807) is 0 Å². The highest BCUT2D eigenvalue weighted by Gasteiger charge is 2.83. The van der Waals surface area contributed by atoms with Crippen molar-refractivity contribution in [2.24, 2.45) is 0 Å². The van der Waals surface area contributed by atoms with Gasteiger partial charge in [0.1, 0.15) is 0 Å². The van der Waals surface area contributed by atoms with Gasteiger partial charge in [-0.25, -0.2) is 16.8 Å². The molecule has 0 aliphatic carbocycles. The van der Waals surface area contributed by atoms with E-state index in [-0.39, 0.29) is 17.7 Å². The monoisotopic (exact) mass is 545 g/mol. The molecule has 0 heterocycles. The number of alkyl halides is 9. The van der Waals surface area contributed by atoms with Crippen LogP contribution in [-0.2, 0) is 29.9 Å². The molecule has 0 unspecified atom stereocenters. The molecular weight excluding hydrogens is 537 g/mol. The van der Waals surface area contributed by atoms with Gasteiger partial charge >= 0.3 is 42.0 Å². The highest BCUT2D eigenvalue weighted by Crippen LogP contribution is 2.53. The Hall–Kier alpha value is -1.90. The van der Waals surface area contributed by atoms with Gasteiger partial charge in [-0.3, -0.25) is 5.21 Å². The lowest BCUT2D eigenvalue weighted by atomic mass is 10.2. The molecular formula is C12H8F9NO7S3. The fraction of sp³-hybridized carbons (Fsp3) is 0.333. The lowest BCUT2D eigenvalue weighted by Crippen LogP contribution is -2.63. The zero-order valence-electron chi connectivity index (χ0n) is 14.6. The summed E-state index contributed by atoms with van der Waals surface area (Å²) in [6, 6.07) is 1.79. The van der Waals surface area contributed by atoms with Gasteiger partial charge in [0, 0.05) is 3.87 Å². The van der Waals surface area contributed by atoms with Gasteiger partial charge in [0.2, 0.25) is 9.84 Å². The van der Waals surface area contributed by atoms with Crippen LogP contribution in [0.25, 0.3) is 6.08 Å². The molecule has 0 radical (unpaired) electrons. The third-order valence-corrected chi connectivity index (χ3v) is 8.84. The maximum atomic E-state index is 14.1. The van der Waals surface area contributed by atoms with Crippen LogP contribution < -0.4 is 0 Å². The topological polar surface area (TPSA) is 126 Å². The fourth-order valence-electron chi connectivity index (χ4n) is 1.75. The van der Waals surface area contributed by atoms with Gasteiger partial charge in [0.25, 0.3) is 0 Å². The van der Waals surface area contributed by atoms with Crippen LogP contribution in [0.5, 0.6) is 0 Å². The molecule has 0 fully saturated rings. The second-order valence-corrected chi connectivity index (χ2v) is 11.3. The molecule has 8 nitrogen and oxygen atoms in total. The Morgan fingerprint density at radius 3 is 1.50 bits per heavy atom.